The van der Waals surface area contributed by atoms with Gasteiger partial charge in [0.05, 0.1) is 11.9 Å². The molecule has 10 heteroatoms. The zero-order chi connectivity index (χ0) is 21.7. The van der Waals surface area contributed by atoms with E-state index in [1.807, 2.05) is 48.5 Å². The van der Waals surface area contributed by atoms with E-state index in [-0.39, 0.29) is 116 Å². The van der Waals surface area contributed by atoms with Crippen LogP contribution in [0.4, 0.5) is 0 Å². The number of carboxylic acids is 2. The van der Waals surface area contributed by atoms with E-state index >= 15 is 0 Å². The third-order valence-corrected chi connectivity index (χ3v) is 4.83. The van der Waals surface area contributed by atoms with Crippen LogP contribution >= 0.6 is 0 Å². The van der Waals surface area contributed by atoms with Crippen LogP contribution in [0.5, 0.6) is 0 Å². The Morgan fingerprint density at radius 3 is 1.41 bits per heavy atom. The van der Waals surface area contributed by atoms with Crippen molar-refractivity contribution in [3.05, 3.63) is 72.1 Å². The molecule has 0 radical (unpaired) electrons. The van der Waals surface area contributed by atoms with Crippen molar-refractivity contribution < 1.29 is 123 Å². The fraction of sp³-hybridized carbons (Fsp3) is 0.182. The van der Waals surface area contributed by atoms with E-state index in [4.69, 9.17) is 11.5 Å². The van der Waals surface area contributed by atoms with E-state index < -0.39 is 24.0 Å². The Morgan fingerprint density at radius 1 is 0.719 bits per heavy atom. The van der Waals surface area contributed by atoms with E-state index in [2.05, 4.69) is 9.97 Å². The van der Waals surface area contributed by atoms with Gasteiger partial charge in [0.15, 0.2) is 0 Å². The quantitative estimate of drug-likeness (QED) is 0.199. The summed E-state index contributed by atoms with van der Waals surface area (Å²) in [4.78, 5) is 27.2. The summed E-state index contributed by atoms with van der Waals surface area (Å²) < 4.78 is 0. The summed E-state index contributed by atoms with van der Waals surface area (Å²) in [5.41, 5.74) is 14.6. The summed E-state index contributed by atoms with van der Waals surface area (Å²) in [7, 11) is 0. The summed E-state index contributed by atoms with van der Waals surface area (Å²) in [5.74, 6) is -2.44. The predicted octanol–water partition coefficient (Wildman–Crippen LogP) is -6.42. The van der Waals surface area contributed by atoms with Crippen LogP contribution in [-0.4, -0.2) is 34.0 Å². The number of nitrogens with one attached hydrogen (secondary N) is 2. The van der Waals surface area contributed by atoms with Crippen molar-refractivity contribution in [2.45, 2.75) is 24.9 Å². The van der Waals surface area contributed by atoms with Gasteiger partial charge in [-0.3, -0.25) is 0 Å². The molecule has 0 saturated carbocycles. The Balaban J connectivity index is 0.000000301. The molecule has 0 bridgehead atoms. The minimum absolute atomic E-state index is 0. The van der Waals surface area contributed by atoms with E-state index in [0.29, 0.717) is 0 Å². The van der Waals surface area contributed by atoms with Crippen LogP contribution in [0.15, 0.2) is 60.9 Å². The molecule has 0 aliphatic heterocycles. The van der Waals surface area contributed by atoms with Crippen molar-refractivity contribution >= 4 is 33.7 Å². The summed E-state index contributed by atoms with van der Waals surface area (Å²) in [6.07, 6.45) is 4.14. The molecule has 0 spiro atoms. The first-order chi connectivity index (χ1) is 14.4. The molecule has 2 aromatic carbocycles. The number of nitrogens with two attached hydrogens (primary N) is 2. The molecule has 0 fully saturated rings. The minimum Gasteiger partial charge on any atom is -0.548 e. The molecule has 0 aliphatic rings. The molecule has 4 aromatic rings. The van der Waals surface area contributed by atoms with Gasteiger partial charge in [0, 0.05) is 46.3 Å². The molecule has 0 saturated heterocycles. The second kappa shape index (κ2) is 14.1. The van der Waals surface area contributed by atoms with Gasteiger partial charge in [-0.2, -0.15) is 0 Å². The normalized spacial score (nSPS) is 12.1. The van der Waals surface area contributed by atoms with Crippen LogP contribution in [0, 0.1) is 0 Å². The van der Waals surface area contributed by atoms with Crippen LogP contribution in [0.3, 0.4) is 0 Å². The smallest absolute Gasteiger partial charge is 0.548 e. The Morgan fingerprint density at radius 2 is 1.06 bits per heavy atom. The number of aliphatic carboxylic acids is 2. The molecular formula is C22H22K2N4O4. The maximum atomic E-state index is 10.5. The fourth-order valence-corrected chi connectivity index (χ4v) is 3.24. The Hall–Kier alpha value is -0.347. The van der Waals surface area contributed by atoms with Gasteiger partial charge in [0.1, 0.15) is 0 Å². The number of carbonyl (C=O) groups excluding carboxylic acids is 2. The molecular weight excluding hydrogens is 462 g/mol. The maximum absolute atomic E-state index is 10.5. The van der Waals surface area contributed by atoms with Crippen molar-refractivity contribution in [3.63, 3.8) is 0 Å². The number of aromatic nitrogens is 2. The molecule has 32 heavy (non-hydrogen) atoms. The van der Waals surface area contributed by atoms with Gasteiger partial charge < -0.3 is 41.2 Å². The van der Waals surface area contributed by atoms with Gasteiger partial charge in [-0.15, -0.1) is 0 Å². The summed E-state index contributed by atoms with van der Waals surface area (Å²) in [5, 5.41) is 23.0. The summed E-state index contributed by atoms with van der Waals surface area (Å²) in [6.45, 7) is 0. The van der Waals surface area contributed by atoms with Gasteiger partial charge in [0.2, 0.25) is 0 Å². The standard InChI is InChI=1S/2C11H12N2O2.2K/c2*12-9(11(14)15)5-7-6-13-10-4-2-1-3-8(7)10;;/h2*1-4,6,9,13H,5,12H2,(H,14,15);;/q;;2*+1/p-2/t2*9-;;/m00../s1. The van der Waals surface area contributed by atoms with Crippen molar-refractivity contribution in [1.29, 1.82) is 0 Å². The third kappa shape index (κ3) is 7.86. The number of fused-ring (bicyclic) bond motifs is 2. The molecule has 8 nitrogen and oxygen atoms in total. The first-order valence-electron chi connectivity index (χ1n) is 9.39. The van der Waals surface area contributed by atoms with Crippen LogP contribution < -0.4 is 124 Å². The van der Waals surface area contributed by atoms with Gasteiger partial charge in [-0.25, -0.2) is 0 Å². The molecule has 0 amide bonds. The topological polar surface area (TPSA) is 164 Å². The molecule has 2 aromatic heterocycles. The Labute approximate surface area is 270 Å². The first-order valence-corrected chi connectivity index (χ1v) is 9.39. The van der Waals surface area contributed by atoms with Crippen molar-refractivity contribution in [3.8, 4) is 0 Å². The Kier molecular flexibility index (Phi) is 13.1. The average Bonchev–Trinajstić information content (AvgIpc) is 3.33. The SMILES string of the molecule is N[C@@H](Cc1c[nH]c2ccccc12)C(=O)[O-].N[C@@H](Cc1c[nH]c2ccccc12)C(=O)[O-].[K+].[K+]. The number of aromatic amines is 2. The first kappa shape index (κ1) is 29.7. The summed E-state index contributed by atoms with van der Waals surface area (Å²) >= 11 is 0. The fourth-order valence-electron chi connectivity index (χ4n) is 3.24. The van der Waals surface area contributed by atoms with Crippen molar-refractivity contribution in [1.82, 2.24) is 9.97 Å². The van der Waals surface area contributed by atoms with E-state index in [0.717, 1.165) is 32.9 Å². The van der Waals surface area contributed by atoms with E-state index in [1.165, 1.54) is 0 Å². The third-order valence-electron chi connectivity index (χ3n) is 4.83. The average molecular weight is 485 g/mol. The number of hydrogen-bond donors (Lipinski definition) is 4. The van der Waals surface area contributed by atoms with Crippen molar-refractivity contribution in [2.24, 2.45) is 11.5 Å². The number of rotatable bonds is 6. The Bertz CT molecular complexity index is 1080. The largest absolute Gasteiger partial charge is 1.00 e. The van der Waals surface area contributed by atoms with Crippen molar-refractivity contribution in [2.75, 3.05) is 0 Å². The van der Waals surface area contributed by atoms with Crippen LogP contribution in [-0.2, 0) is 22.4 Å². The second-order valence-electron chi connectivity index (χ2n) is 6.98. The van der Waals surface area contributed by atoms with Crippen LogP contribution in [0.1, 0.15) is 11.1 Å². The van der Waals surface area contributed by atoms with Crippen LogP contribution in [0.2, 0.25) is 0 Å². The number of H-pyrrole nitrogens is 2. The molecule has 4 rings (SSSR count). The van der Waals surface area contributed by atoms with Gasteiger partial charge in [-0.05, 0) is 36.1 Å². The number of benzene rings is 2. The number of carbonyl (C=O) groups is 2. The molecule has 2 atom stereocenters. The van der Waals surface area contributed by atoms with Gasteiger partial charge in [-0.1, -0.05) is 36.4 Å². The number of hydrogen-bond acceptors (Lipinski definition) is 6. The molecule has 0 unspecified atom stereocenters. The molecule has 156 valence electrons. The monoisotopic (exact) mass is 484 g/mol. The maximum Gasteiger partial charge on any atom is 1.00 e. The second-order valence-corrected chi connectivity index (χ2v) is 6.98. The number of para-hydroxylation sites is 2. The zero-order valence-corrected chi connectivity index (χ0v) is 24.4. The van der Waals surface area contributed by atoms with Gasteiger partial charge >= 0.3 is 103 Å². The zero-order valence-electron chi connectivity index (χ0n) is 18.1. The van der Waals surface area contributed by atoms with Gasteiger partial charge in [0.25, 0.3) is 0 Å². The minimum atomic E-state index is -1.22. The summed E-state index contributed by atoms with van der Waals surface area (Å²) in [6, 6.07) is 13.5. The van der Waals surface area contributed by atoms with E-state index in [1.54, 1.807) is 12.4 Å². The number of carboxylic acid groups (broad SMARTS) is 2. The van der Waals surface area contributed by atoms with E-state index in [9.17, 15) is 19.8 Å². The molecule has 6 N–H and O–H groups in total. The van der Waals surface area contributed by atoms with Crippen LogP contribution in [0.25, 0.3) is 21.8 Å². The molecule has 0 aliphatic carbocycles. The predicted molar refractivity (Wildman–Crippen MR) is 110 cm³/mol. The molecule has 2 heterocycles.